The fourth-order valence-electron chi connectivity index (χ4n) is 1.71. The van der Waals surface area contributed by atoms with Crippen LogP contribution < -0.4 is 16.0 Å². The number of anilines is 3. The van der Waals surface area contributed by atoms with Crippen LogP contribution in [0, 0.1) is 0 Å². The number of rotatable bonds is 3. The van der Waals surface area contributed by atoms with E-state index < -0.39 is 0 Å². The van der Waals surface area contributed by atoms with E-state index in [1.807, 2.05) is 19.0 Å². The van der Waals surface area contributed by atoms with Gasteiger partial charge in [-0.3, -0.25) is 4.79 Å². The average Bonchev–Trinajstić information content (AvgIpc) is 2.42. The maximum absolute atomic E-state index is 12.2. The second-order valence-electron chi connectivity index (χ2n) is 4.46. The third kappa shape index (κ3) is 3.00. The number of halogens is 1. The van der Waals surface area contributed by atoms with Gasteiger partial charge in [-0.1, -0.05) is 11.6 Å². The van der Waals surface area contributed by atoms with E-state index in [4.69, 9.17) is 17.3 Å². The summed E-state index contributed by atoms with van der Waals surface area (Å²) in [6.07, 6.45) is 1.67. The molecule has 6 heteroatoms. The number of hydrogen-bond donors (Lipinski definition) is 2. The molecule has 1 heterocycles. The van der Waals surface area contributed by atoms with Gasteiger partial charge in [0.25, 0.3) is 5.91 Å². The summed E-state index contributed by atoms with van der Waals surface area (Å²) in [5.74, 6) is 0.422. The molecule has 0 saturated heterocycles. The monoisotopic (exact) mass is 290 g/mol. The first-order chi connectivity index (χ1) is 9.49. The molecule has 2 aromatic rings. The summed E-state index contributed by atoms with van der Waals surface area (Å²) < 4.78 is 0. The topological polar surface area (TPSA) is 71.2 Å². The molecule has 20 heavy (non-hydrogen) atoms. The van der Waals surface area contributed by atoms with E-state index >= 15 is 0 Å². The first-order valence-electron chi connectivity index (χ1n) is 5.97. The van der Waals surface area contributed by atoms with Crippen LogP contribution in [0.15, 0.2) is 36.5 Å². The number of amides is 1. The molecule has 1 amide bonds. The summed E-state index contributed by atoms with van der Waals surface area (Å²) in [6, 6.07) is 8.32. The smallest absolute Gasteiger partial charge is 0.255 e. The minimum Gasteiger partial charge on any atom is -0.398 e. The molecule has 0 spiro atoms. The van der Waals surface area contributed by atoms with Gasteiger partial charge in [0.1, 0.15) is 0 Å². The molecule has 0 aliphatic carbocycles. The van der Waals surface area contributed by atoms with Gasteiger partial charge in [-0.15, -0.1) is 0 Å². The van der Waals surface area contributed by atoms with Gasteiger partial charge >= 0.3 is 0 Å². The lowest BCUT2D eigenvalue weighted by Crippen LogP contribution is -2.17. The third-order valence-electron chi connectivity index (χ3n) is 2.72. The quantitative estimate of drug-likeness (QED) is 0.853. The number of nitrogens with two attached hydrogens (primary N) is 1. The van der Waals surface area contributed by atoms with Crippen molar-refractivity contribution in [2.75, 3.05) is 30.0 Å². The number of pyridine rings is 1. The lowest BCUT2D eigenvalue weighted by molar-refractivity contribution is 0.102. The molecule has 0 aliphatic rings. The minimum absolute atomic E-state index is 0.261. The predicted molar refractivity (Wildman–Crippen MR) is 82.4 cm³/mol. The average molecular weight is 291 g/mol. The molecule has 5 nitrogen and oxygen atoms in total. The largest absolute Gasteiger partial charge is 0.398 e. The predicted octanol–water partition coefficient (Wildman–Crippen LogP) is 2.64. The minimum atomic E-state index is -0.261. The zero-order valence-electron chi connectivity index (χ0n) is 11.2. The van der Waals surface area contributed by atoms with Crippen LogP contribution in [0.1, 0.15) is 10.4 Å². The molecular weight excluding hydrogens is 276 g/mol. The number of carbonyl (C=O) groups is 1. The third-order valence-corrected chi connectivity index (χ3v) is 3.05. The summed E-state index contributed by atoms with van der Waals surface area (Å²) >= 11 is 5.92. The van der Waals surface area contributed by atoms with Gasteiger partial charge in [0.05, 0.1) is 16.4 Å². The van der Waals surface area contributed by atoms with Crippen LogP contribution in [0.25, 0.3) is 0 Å². The second kappa shape index (κ2) is 5.79. The van der Waals surface area contributed by atoms with Gasteiger partial charge in [0.15, 0.2) is 5.82 Å². The van der Waals surface area contributed by atoms with Crippen LogP contribution in [-0.2, 0) is 0 Å². The van der Waals surface area contributed by atoms with E-state index in [2.05, 4.69) is 10.3 Å². The van der Waals surface area contributed by atoms with Gasteiger partial charge in [-0.05, 0) is 30.3 Å². The number of benzene rings is 1. The number of nitrogens with zero attached hydrogens (tertiary/aromatic N) is 2. The Balaban J connectivity index is 2.26. The maximum Gasteiger partial charge on any atom is 0.255 e. The Labute approximate surface area is 122 Å². The Kier molecular flexibility index (Phi) is 4.10. The van der Waals surface area contributed by atoms with Crippen molar-refractivity contribution in [3.63, 3.8) is 0 Å². The number of nitrogens with one attached hydrogen (secondary N) is 1. The van der Waals surface area contributed by atoms with Crippen molar-refractivity contribution in [2.24, 2.45) is 0 Å². The fourth-order valence-corrected chi connectivity index (χ4v) is 1.89. The van der Waals surface area contributed by atoms with Crippen LogP contribution in [0.5, 0.6) is 0 Å². The highest BCUT2D eigenvalue weighted by molar-refractivity contribution is 6.33. The Bertz CT molecular complexity index is 643. The maximum atomic E-state index is 12.2. The Morgan fingerprint density at radius 3 is 2.75 bits per heavy atom. The zero-order valence-corrected chi connectivity index (χ0v) is 12.0. The van der Waals surface area contributed by atoms with Crippen molar-refractivity contribution >= 4 is 34.7 Å². The lowest BCUT2D eigenvalue weighted by Gasteiger charge is -2.16. The molecule has 3 N–H and O–H groups in total. The van der Waals surface area contributed by atoms with Crippen molar-refractivity contribution in [1.29, 1.82) is 0 Å². The number of carbonyl (C=O) groups excluding carboxylic acids is 1. The molecule has 104 valence electrons. The second-order valence-corrected chi connectivity index (χ2v) is 4.87. The van der Waals surface area contributed by atoms with Crippen molar-refractivity contribution in [3.05, 3.63) is 47.1 Å². The van der Waals surface area contributed by atoms with Crippen LogP contribution in [0.3, 0.4) is 0 Å². The number of nitrogen functional groups attached to an aromatic ring is 1. The van der Waals surface area contributed by atoms with E-state index in [9.17, 15) is 4.79 Å². The molecule has 0 unspecified atom stereocenters. The Morgan fingerprint density at radius 2 is 2.10 bits per heavy atom. The molecule has 1 aromatic heterocycles. The molecule has 2 rings (SSSR count). The van der Waals surface area contributed by atoms with E-state index in [1.165, 1.54) is 6.07 Å². The highest BCUT2D eigenvalue weighted by Gasteiger charge is 2.12. The van der Waals surface area contributed by atoms with E-state index in [1.54, 1.807) is 30.5 Å². The molecule has 1 aromatic carbocycles. The molecule has 0 saturated carbocycles. The molecule has 0 atom stereocenters. The summed E-state index contributed by atoms with van der Waals surface area (Å²) in [4.78, 5) is 18.2. The molecular formula is C14H15ClN4O. The molecule has 0 bridgehead atoms. The van der Waals surface area contributed by atoms with Crippen molar-refractivity contribution in [3.8, 4) is 0 Å². The standard InChI is InChI=1S/C14H15ClN4O/c1-19(2)13-12(4-3-7-17-13)18-14(20)9-5-6-11(16)10(15)8-9/h3-8H,16H2,1-2H3,(H,18,20). The summed E-state index contributed by atoms with van der Waals surface area (Å²) in [5.41, 5.74) is 7.15. The first-order valence-corrected chi connectivity index (χ1v) is 6.35. The molecule has 0 radical (unpaired) electrons. The first kappa shape index (κ1) is 14.1. The van der Waals surface area contributed by atoms with Gasteiger partial charge < -0.3 is 16.0 Å². The highest BCUT2D eigenvalue weighted by Crippen LogP contribution is 2.23. The van der Waals surface area contributed by atoms with Gasteiger partial charge in [0, 0.05) is 25.9 Å². The van der Waals surface area contributed by atoms with Crippen LogP contribution >= 0.6 is 11.6 Å². The Morgan fingerprint density at radius 1 is 1.35 bits per heavy atom. The van der Waals surface area contributed by atoms with E-state index in [0.29, 0.717) is 27.8 Å². The van der Waals surface area contributed by atoms with Crippen LogP contribution in [-0.4, -0.2) is 25.0 Å². The number of hydrogen-bond acceptors (Lipinski definition) is 4. The number of aromatic nitrogens is 1. The van der Waals surface area contributed by atoms with Gasteiger partial charge in [-0.2, -0.15) is 0 Å². The van der Waals surface area contributed by atoms with Gasteiger partial charge in [0.2, 0.25) is 0 Å². The zero-order chi connectivity index (χ0) is 14.7. The van der Waals surface area contributed by atoms with Gasteiger partial charge in [-0.25, -0.2) is 4.98 Å². The van der Waals surface area contributed by atoms with Crippen molar-refractivity contribution in [2.45, 2.75) is 0 Å². The SMILES string of the molecule is CN(C)c1ncccc1NC(=O)c1ccc(N)c(Cl)c1. The van der Waals surface area contributed by atoms with Crippen LogP contribution in [0.2, 0.25) is 5.02 Å². The lowest BCUT2D eigenvalue weighted by atomic mass is 10.2. The van der Waals surface area contributed by atoms with E-state index in [0.717, 1.165) is 0 Å². The summed E-state index contributed by atoms with van der Waals surface area (Å²) in [5, 5.41) is 3.17. The van der Waals surface area contributed by atoms with Crippen LogP contribution in [0.4, 0.5) is 17.2 Å². The van der Waals surface area contributed by atoms with E-state index in [-0.39, 0.29) is 5.91 Å². The highest BCUT2D eigenvalue weighted by atomic mass is 35.5. The summed E-state index contributed by atoms with van der Waals surface area (Å²) in [7, 11) is 3.72. The summed E-state index contributed by atoms with van der Waals surface area (Å²) in [6.45, 7) is 0. The fraction of sp³-hybridized carbons (Fsp3) is 0.143. The molecule has 0 fully saturated rings. The van der Waals surface area contributed by atoms with Crippen molar-refractivity contribution in [1.82, 2.24) is 4.98 Å². The van der Waals surface area contributed by atoms with Crippen molar-refractivity contribution < 1.29 is 4.79 Å². The molecule has 0 aliphatic heterocycles. The Hall–Kier alpha value is -2.27. The normalized spacial score (nSPS) is 10.2.